The lowest BCUT2D eigenvalue weighted by atomic mass is 10.6. The number of nitrogens with zero attached hydrogens (tertiary/aromatic N) is 1. The van der Waals surface area contributed by atoms with Crippen LogP contribution in [0.4, 0.5) is 4.79 Å². The van der Waals surface area contributed by atoms with Crippen molar-refractivity contribution in [3.05, 3.63) is 0 Å². The van der Waals surface area contributed by atoms with E-state index < -0.39 is 6.09 Å². The van der Waals surface area contributed by atoms with Crippen LogP contribution in [-0.4, -0.2) is 44.1 Å². The van der Waals surface area contributed by atoms with Crippen LogP contribution in [0.5, 0.6) is 0 Å². The summed E-state index contributed by atoms with van der Waals surface area (Å²) >= 11 is 3.73. The summed E-state index contributed by atoms with van der Waals surface area (Å²) in [5.74, 6) is 0.119. The smallest absolute Gasteiger partial charge is 0.408 e. The first-order valence-electron chi connectivity index (χ1n) is 3.33. The molecular formula is C6H14N2O2S. The Morgan fingerprint density at radius 2 is 2.27 bits per heavy atom. The van der Waals surface area contributed by atoms with Gasteiger partial charge in [0.05, 0.1) is 0 Å². The van der Waals surface area contributed by atoms with Crippen molar-refractivity contribution in [1.82, 2.24) is 10.2 Å². The predicted molar refractivity (Wildman–Crippen MR) is 46.9 cm³/mol. The Balaban J connectivity index is 3.17. The molecule has 0 bridgehead atoms. The molecular weight excluding hydrogens is 164 g/mol. The van der Waals surface area contributed by atoms with E-state index in [2.05, 4.69) is 22.7 Å². The van der Waals surface area contributed by atoms with Crippen LogP contribution in [0, 0.1) is 0 Å². The van der Waals surface area contributed by atoms with E-state index in [4.69, 9.17) is 0 Å². The molecule has 0 aliphatic carbocycles. The number of ether oxygens (including phenoxy) is 1. The summed E-state index contributed by atoms with van der Waals surface area (Å²) in [5.41, 5.74) is 0. The minimum Gasteiger partial charge on any atom is -0.439 e. The van der Waals surface area contributed by atoms with E-state index in [-0.39, 0.29) is 5.94 Å². The Kier molecular flexibility index (Phi) is 6.06. The van der Waals surface area contributed by atoms with Crippen molar-refractivity contribution in [3.63, 3.8) is 0 Å². The third-order valence-corrected chi connectivity index (χ3v) is 1.15. The first-order chi connectivity index (χ1) is 5.16. The maximum absolute atomic E-state index is 10.6. The molecule has 0 aromatic rings. The average molecular weight is 178 g/mol. The molecule has 0 rings (SSSR count). The lowest BCUT2D eigenvalue weighted by Gasteiger charge is -2.09. The van der Waals surface area contributed by atoms with Crippen molar-refractivity contribution >= 4 is 18.7 Å². The normalized spacial score (nSPS) is 9.82. The highest BCUT2D eigenvalue weighted by molar-refractivity contribution is 7.80. The van der Waals surface area contributed by atoms with E-state index in [1.807, 2.05) is 19.0 Å². The largest absolute Gasteiger partial charge is 0.439 e. The third kappa shape index (κ3) is 7.48. The molecule has 0 saturated carbocycles. The van der Waals surface area contributed by atoms with Crippen LogP contribution in [0.3, 0.4) is 0 Å². The number of hydrogen-bond acceptors (Lipinski definition) is 4. The lowest BCUT2D eigenvalue weighted by molar-refractivity contribution is 0.165. The summed E-state index contributed by atoms with van der Waals surface area (Å²) in [6.45, 7) is 1.40. The molecule has 66 valence electrons. The Hall–Kier alpha value is -0.420. The fourth-order valence-corrected chi connectivity index (χ4v) is 0.608. The number of amides is 1. The highest BCUT2D eigenvalue weighted by Crippen LogP contribution is 1.79. The van der Waals surface area contributed by atoms with Crippen molar-refractivity contribution in [1.29, 1.82) is 0 Å². The first kappa shape index (κ1) is 10.6. The number of carbonyl (C=O) groups is 1. The van der Waals surface area contributed by atoms with Gasteiger partial charge < -0.3 is 15.0 Å². The van der Waals surface area contributed by atoms with Gasteiger partial charge in [0.15, 0.2) is 0 Å². The summed E-state index contributed by atoms with van der Waals surface area (Å²) in [5, 5.41) is 2.56. The zero-order valence-corrected chi connectivity index (χ0v) is 7.73. The molecule has 0 saturated heterocycles. The number of nitrogens with one attached hydrogen (secondary N) is 1. The van der Waals surface area contributed by atoms with Crippen LogP contribution >= 0.6 is 12.6 Å². The summed E-state index contributed by atoms with van der Waals surface area (Å²) in [6, 6.07) is 0. The molecule has 0 atom stereocenters. The number of likely N-dealkylation sites (N-methyl/N-ethyl adjacent to an activating group) is 1. The standard InChI is InChI=1S/C6H14N2O2S/c1-8(2)4-3-7-6(9)10-5-11/h11H,3-5H2,1-2H3,(H,7,9). The van der Waals surface area contributed by atoms with Crippen molar-refractivity contribution in [2.75, 3.05) is 33.1 Å². The molecule has 1 amide bonds. The van der Waals surface area contributed by atoms with E-state index in [1.54, 1.807) is 0 Å². The number of thiol groups is 1. The highest BCUT2D eigenvalue weighted by Gasteiger charge is 1.97. The topological polar surface area (TPSA) is 41.6 Å². The number of alkyl carbamates (subject to hydrolysis) is 1. The number of carbonyl (C=O) groups excluding carboxylic acids is 1. The Morgan fingerprint density at radius 3 is 2.73 bits per heavy atom. The van der Waals surface area contributed by atoms with E-state index in [9.17, 15) is 4.79 Å². The molecule has 4 nitrogen and oxygen atoms in total. The Bertz CT molecular complexity index is 119. The van der Waals surface area contributed by atoms with Gasteiger partial charge in [0.2, 0.25) is 0 Å². The van der Waals surface area contributed by atoms with Crippen LogP contribution in [-0.2, 0) is 4.74 Å². The Morgan fingerprint density at radius 1 is 1.64 bits per heavy atom. The zero-order chi connectivity index (χ0) is 8.69. The van der Waals surface area contributed by atoms with Crippen LogP contribution in [0.2, 0.25) is 0 Å². The minimum atomic E-state index is -0.415. The van der Waals surface area contributed by atoms with Gasteiger partial charge in [-0.25, -0.2) is 4.79 Å². The fourth-order valence-electron chi connectivity index (χ4n) is 0.491. The van der Waals surface area contributed by atoms with Gasteiger partial charge in [0.25, 0.3) is 0 Å². The highest BCUT2D eigenvalue weighted by atomic mass is 32.1. The van der Waals surface area contributed by atoms with E-state index in [0.717, 1.165) is 6.54 Å². The van der Waals surface area contributed by atoms with Crippen molar-refractivity contribution in [2.24, 2.45) is 0 Å². The van der Waals surface area contributed by atoms with E-state index in [1.165, 1.54) is 0 Å². The Labute approximate surface area is 72.3 Å². The van der Waals surface area contributed by atoms with Crippen molar-refractivity contribution in [2.45, 2.75) is 0 Å². The SMILES string of the molecule is CN(C)CCNC(=O)OCS. The van der Waals surface area contributed by atoms with Gasteiger partial charge in [-0.1, -0.05) is 0 Å². The van der Waals surface area contributed by atoms with Gasteiger partial charge in [0.1, 0.15) is 5.94 Å². The molecule has 0 spiro atoms. The molecule has 0 unspecified atom stereocenters. The zero-order valence-electron chi connectivity index (χ0n) is 6.83. The molecule has 0 fully saturated rings. The maximum Gasteiger partial charge on any atom is 0.408 e. The number of hydrogen-bond donors (Lipinski definition) is 2. The summed E-state index contributed by atoms with van der Waals surface area (Å²) < 4.78 is 4.52. The molecule has 0 aliphatic heterocycles. The lowest BCUT2D eigenvalue weighted by Crippen LogP contribution is -2.31. The third-order valence-electron chi connectivity index (χ3n) is 1.02. The molecule has 11 heavy (non-hydrogen) atoms. The van der Waals surface area contributed by atoms with E-state index in [0.29, 0.717) is 6.54 Å². The number of rotatable bonds is 4. The van der Waals surface area contributed by atoms with Crippen LogP contribution in [0.15, 0.2) is 0 Å². The van der Waals surface area contributed by atoms with Gasteiger partial charge in [-0.05, 0) is 14.1 Å². The summed E-state index contributed by atoms with van der Waals surface area (Å²) in [7, 11) is 3.87. The van der Waals surface area contributed by atoms with E-state index >= 15 is 0 Å². The second kappa shape index (κ2) is 6.30. The molecule has 0 heterocycles. The van der Waals surface area contributed by atoms with Crippen molar-refractivity contribution in [3.8, 4) is 0 Å². The summed E-state index contributed by atoms with van der Waals surface area (Å²) in [6.07, 6.45) is -0.415. The van der Waals surface area contributed by atoms with Gasteiger partial charge in [-0.3, -0.25) is 0 Å². The predicted octanol–water partition coefficient (Wildman–Crippen LogP) is 0.161. The van der Waals surface area contributed by atoms with Crippen LogP contribution < -0.4 is 5.32 Å². The fraction of sp³-hybridized carbons (Fsp3) is 0.833. The molecule has 0 aliphatic rings. The second-order valence-corrected chi connectivity index (χ2v) is 2.55. The van der Waals surface area contributed by atoms with Crippen LogP contribution in [0.25, 0.3) is 0 Å². The minimum absolute atomic E-state index is 0.119. The molecule has 0 aromatic heterocycles. The van der Waals surface area contributed by atoms with Crippen LogP contribution in [0.1, 0.15) is 0 Å². The van der Waals surface area contributed by atoms with Gasteiger partial charge in [0, 0.05) is 13.1 Å². The maximum atomic E-state index is 10.6. The molecule has 1 N–H and O–H groups in total. The molecule has 0 aromatic carbocycles. The van der Waals surface area contributed by atoms with Gasteiger partial charge in [-0.2, -0.15) is 0 Å². The molecule has 5 heteroatoms. The molecule has 0 radical (unpaired) electrons. The monoisotopic (exact) mass is 178 g/mol. The second-order valence-electron chi connectivity index (χ2n) is 2.29. The summed E-state index contributed by atoms with van der Waals surface area (Å²) in [4.78, 5) is 12.6. The first-order valence-corrected chi connectivity index (χ1v) is 3.96. The average Bonchev–Trinajstić information content (AvgIpc) is 1.87. The quantitative estimate of drug-likeness (QED) is 0.476. The van der Waals surface area contributed by atoms with Gasteiger partial charge >= 0.3 is 6.09 Å². The van der Waals surface area contributed by atoms with Crippen molar-refractivity contribution < 1.29 is 9.53 Å². The van der Waals surface area contributed by atoms with Gasteiger partial charge in [-0.15, -0.1) is 12.6 Å².